The van der Waals surface area contributed by atoms with E-state index in [0.29, 0.717) is 17.9 Å². The molecule has 2 aromatic heterocycles. The molecule has 1 aliphatic rings. The van der Waals surface area contributed by atoms with Crippen molar-refractivity contribution in [3.63, 3.8) is 0 Å². The Bertz CT molecular complexity index is 1490. The first-order chi connectivity index (χ1) is 19.1. The molecule has 0 unspecified atom stereocenters. The second kappa shape index (κ2) is 11.1. The first-order valence-electron chi connectivity index (χ1n) is 13.2. The van der Waals surface area contributed by atoms with Gasteiger partial charge in [-0.05, 0) is 71.4 Å². The minimum absolute atomic E-state index is 0.0491. The second-order valence-electron chi connectivity index (χ2n) is 11.7. The summed E-state index contributed by atoms with van der Waals surface area (Å²) in [5.41, 5.74) is 4.37. The SMILES string of the molecule is Cc1ccn2c(C[C@H]3CN(C(=O)OC(C)(C)C)CCO3)c(-c3c(F)cc(C(=O)NC(C)(C)C(N)=O)cc3F)nc2c1. The number of fused-ring (bicyclic) bond motifs is 1. The van der Waals surface area contributed by atoms with E-state index in [1.165, 1.54) is 13.8 Å². The van der Waals surface area contributed by atoms with Crippen molar-refractivity contribution in [2.45, 2.75) is 65.2 Å². The number of imidazole rings is 1. The van der Waals surface area contributed by atoms with Crippen molar-refractivity contribution in [1.29, 1.82) is 0 Å². The summed E-state index contributed by atoms with van der Waals surface area (Å²) in [6.07, 6.45) is 0.982. The molecule has 0 bridgehead atoms. The van der Waals surface area contributed by atoms with E-state index >= 15 is 8.78 Å². The Morgan fingerprint density at radius 3 is 2.41 bits per heavy atom. The molecule has 3 N–H and O–H groups in total. The van der Waals surface area contributed by atoms with Crippen LogP contribution in [0, 0.1) is 18.6 Å². The number of hydrogen-bond donors (Lipinski definition) is 2. The highest BCUT2D eigenvalue weighted by atomic mass is 19.1. The quantitative estimate of drug-likeness (QED) is 0.464. The third-order valence-electron chi connectivity index (χ3n) is 6.68. The van der Waals surface area contributed by atoms with Crippen LogP contribution in [-0.4, -0.2) is 69.1 Å². The minimum Gasteiger partial charge on any atom is -0.444 e. The Balaban J connectivity index is 1.70. The Labute approximate surface area is 236 Å². The maximum Gasteiger partial charge on any atom is 0.410 e. The summed E-state index contributed by atoms with van der Waals surface area (Å²) in [6, 6.07) is 5.42. The van der Waals surface area contributed by atoms with Gasteiger partial charge in [-0.2, -0.15) is 0 Å². The van der Waals surface area contributed by atoms with Crippen molar-refractivity contribution in [3.8, 4) is 11.3 Å². The summed E-state index contributed by atoms with van der Waals surface area (Å²) in [5, 5.41) is 2.38. The molecule has 220 valence electrons. The van der Waals surface area contributed by atoms with Gasteiger partial charge in [-0.15, -0.1) is 0 Å². The Morgan fingerprint density at radius 1 is 1.15 bits per heavy atom. The lowest BCUT2D eigenvalue weighted by Gasteiger charge is -2.34. The summed E-state index contributed by atoms with van der Waals surface area (Å²) < 4.78 is 44.3. The highest BCUT2D eigenvalue weighted by Gasteiger charge is 2.32. The van der Waals surface area contributed by atoms with Crippen molar-refractivity contribution in [3.05, 3.63) is 58.9 Å². The van der Waals surface area contributed by atoms with E-state index in [0.717, 1.165) is 17.7 Å². The van der Waals surface area contributed by atoms with Crippen LogP contribution in [-0.2, 0) is 20.7 Å². The van der Waals surface area contributed by atoms with Crippen molar-refractivity contribution in [2.24, 2.45) is 5.73 Å². The van der Waals surface area contributed by atoms with Gasteiger partial charge in [0.1, 0.15) is 28.4 Å². The van der Waals surface area contributed by atoms with Crippen LogP contribution in [0.25, 0.3) is 16.9 Å². The number of carbonyl (C=O) groups is 3. The number of halogens is 2. The summed E-state index contributed by atoms with van der Waals surface area (Å²) >= 11 is 0. The number of benzene rings is 1. The smallest absolute Gasteiger partial charge is 0.410 e. The summed E-state index contributed by atoms with van der Waals surface area (Å²) in [5.74, 6) is -3.67. The van der Waals surface area contributed by atoms with E-state index in [-0.39, 0.29) is 30.8 Å². The molecule has 0 radical (unpaired) electrons. The van der Waals surface area contributed by atoms with E-state index in [2.05, 4.69) is 10.3 Å². The van der Waals surface area contributed by atoms with Crippen LogP contribution < -0.4 is 11.1 Å². The molecule has 1 aliphatic heterocycles. The van der Waals surface area contributed by atoms with Crippen LogP contribution in [0.2, 0.25) is 0 Å². The molecule has 3 aromatic rings. The molecular formula is C29H35F2N5O5. The number of aryl methyl sites for hydroxylation is 1. The summed E-state index contributed by atoms with van der Waals surface area (Å²) in [7, 11) is 0. The molecule has 0 aliphatic carbocycles. The number of rotatable bonds is 6. The maximum atomic E-state index is 15.6. The molecular weight excluding hydrogens is 536 g/mol. The molecule has 1 aromatic carbocycles. The fourth-order valence-electron chi connectivity index (χ4n) is 4.49. The largest absolute Gasteiger partial charge is 0.444 e. The fraction of sp³-hybridized carbons (Fsp3) is 0.448. The number of ether oxygens (including phenoxy) is 2. The van der Waals surface area contributed by atoms with E-state index in [1.54, 1.807) is 42.3 Å². The van der Waals surface area contributed by atoms with Crippen molar-refractivity contribution < 1.29 is 32.6 Å². The van der Waals surface area contributed by atoms with E-state index < -0.39 is 52.3 Å². The number of nitrogens with two attached hydrogens (primary N) is 1. The maximum absolute atomic E-state index is 15.6. The number of amides is 3. The zero-order valence-electron chi connectivity index (χ0n) is 24.0. The molecule has 41 heavy (non-hydrogen) atoms. The van der Waals surface area contributed by atoms with Crippen LogP contribution in [0.3, 0.4) is 0 Å². The molecule has 1 atom stereocenters. The van der Waals surface area contributed by atoms with Gasteiger partial charge in [0.2, 0.25) is 5.91 Å². The summed E-state index contributed by atoms with van der Waals surface area (Å²) in [6.45, 7) is 10.8. The van der Waals surface area contributed by atoms with Gasteiger partial charge >= 0.3 is 6.09 Å². The molecule has 0 spiro atoms. The van der Waals surface area contributed by atoms with Crippen molar-refractivity contribution in [1.82, 2.24) is 19.6 Å². The Morgan fingerprint density at radius 2 is 1.80 bits per heavy atom. The lowest BCUT2D eigenvalue weighted by molar-refractivity contribution is -0.122. The summed E-state index contributed by atoms with van der Waals surface area (Å²) in [4.78, 5) is 43.0. The van der Waals surface area contributed by atoms with E-state index in [4.69, 9.17) is 15.2 Å². The van der Waals surface area contributed by atoms with Crippen molar-refractivity contribution >= 4 is 23.6 Å². The average molecular weight is 572 g/mol. The van der Waals surface area contributed by atoms with Gasteiger partial charge in [0.15, 0.2) is 0 Å². The number of hydrogen-bond acceptors (Lipinski definition) is 6. The third kappa shape index (κ3) is 6.64. The van der Waals surface area contributed by atoms with Crippen LogP contribution in [0.15, 0.2) is 30.5 Å². The monoisotopic (exact) mass is 571 g/mol. The fourth-order valence-corrected chi connectivity index (χ4v) is 4.49. The zero-order valence-corrected chi connectivity index (χ0v) is 24.0. The van der Waals surface area contributed by atoms with Crippen LogP contribution in [0.4, 0.5) is 13.6 Å². The van der Waals surface area contributed by atoms with Crippen LogP contribution in [0.1, 0.15) is 56.2 Å². The Kier molecular flexibility index (Phi) is 8.08. The molecule has 10 nitrogen and oxygen atoms in total. The average Bonchev–Trinajstić information content (AvgIpc) is 3.18. The molecule has 3 amide bonds. The highest BCUT2D eigenvalue weighted by molar-refractivity contribution is 5.99. The highest BCUT2D eigenvalue weighted by Crippen LogP contribution is 2.32. The van der Waals surface area contributed by atoms with E-state index in [9.17, 15) is 14.4 Å². The number of nitrogens with one attached hydrogen (secondary N) is 1. The lowest BCUT2D eigenvalue weighted by atomic mass is 10.0. The first-order valence-corrected chi connectivity index (χ1v) is 13.2. The Hall–Kier alpha value is -4.06. The van der Waals surface area contributed by atoms with Crippen LogP contribution in [0.5, 0.6) is 0 Å². The molecule has 1 fully saturated rings. The van der Waals surface area contributed by atoms with Gasteiger partial charge < -0.3 is 29.8 Å². The third-order valence-corrected chi connectivity index (χ3v) is 6.68. The lowest BCUT2D eigenvalue weighted by Crippen LogP contribution is -2.53. The predicted molar refractivity (Wildman–Crippen MR) is 147 cm³/mol. The first kappa shape index (κ1) is 29.9. The van der Waals surface area contributed by atoms with Gasteiger partial charge in [-0.25, -0.2) is 18.6 Å². The minimum atomic E-state index is -1.43. The normalized spacial score (nSPS) is 16.1. The number of morpholine rings is 1. The molecule has 4 rings (SSSR count). The predicted octanol–water partition coefficient (Wildman–Crippen LogP) is 3.76. The number of pyridine rings is 1. The van der Waals surface area contributed by atoms with Gasteiger partial charge in [-0.3, -0.25) is 9.59 Å². The van der Waals surface area contributed by atoms with Gasteiger partial charge in [0.25, 0.3) is 5.91 Å². The molecule has 0 saturated carbocycles. The number of nitrogens with zero attached hydrogens (tertiary/aromatic N) is 3. The van der Waals surface area contributed by atoms with Gasteiger partial charge in [0.05, 0.1) is 36.2 Å². The topological polar surface area (TPSA) is 128 Å². The molecule has 1 saturated heterocycles. The molecule has 3 heterocycles. The van der Waals surface area contributed by atoms with Gasteiger partial charge in [-0.1, -0.05) is 0 Å². The number of aromatic nitrogens is 2. The standard InChI is InChI=1S/C29H35F2N5O5/c1-16-7-8-36-21(14-18-15-35(9-10-40-18)27(39)41-28(2,3)4)24(33-22(36)11-16)23-19(30)12-17(13-20(23)31)25(37)34-29(5,6)26(32)38/h7-8,11-13,18H,9-10,14-15H2,1-6H3,(H2,32,38)(H,34,37)/t18-/m0/s1. The molecule has 12 heteroatoms. The second-order valence-corrected chi connectivity index (χ2v) is 11.7. The zero-order chi connectivity index (χ0) is 30.3. The van der Waals surface area contributed by atoms with Gasteiger partial charge in [0, 0.05) is 24.7 Å². The number of primary amides is 1. The van der Waals surface area contributed by atoms with Crippen LogP contribution >= 0.6 is 0 Å². The van der Waals surface area contributed by atoms with E-state index in [1.807, 2.05) is 13.0 Å². The van der Waals surface area contributed by atoms with Crippen molar-refractivity contribution in [2.75, 3.05) is 19.7 Å². The number of carbonyl (C=O) groups excluding carboxylic acids is 3.